The minimum Gasteiger partial charge on any atom is -0.480 e. The molecule has 0 bridgehead atoms. The van der Waals surface area contributed by atoms with Gasteiger partial charge < -0.3 is 26.6 Å². The molecule has 0 radical (unpaired) electrons. The zero-order valence-electron chi connectivity index (χ0n) is 18.8. The van der Waals surface area contributed by atoms with Crippen molar-refractivity contribution in [2.75, 3.05) is 23.4 Å². The average Bonchev–Trinajstić information content (AvgIpc) is 3.28. The minimum atomic E-state index is -1.21. The Balaban J connectivity index is 1.44. The molecule has 2 aromatic rings. The Morgan fingerprint density at radius 1 is 1.28 bits per heavy atom. The second-order valence-electron chi connectivity index (χ2n) is 7.84. The van der Waals surface area contributed by atoms with Gasteiger partial charge in [0.1, 0.15) is 34.7 Å². The predicted octanol–water partition coefficient (Wildman–Crippen LogP) is 0.874. The van der Waals surface area contributed by atoms with Crippen LogP contribution in [0.2, 0.25) is 0 Å². The van der Waals surface area contributed by atoms with E-state index in [-0.39, 0.29) is 12.2 Å². The number of fused-ring (bicyclic) bond motifs is 1. The molecule has 1 fully saturated rings. The lowest BCUT2D eigenvalue weighted by atomic mass is 10.0. The van der Waals surface area contributed by atoms with E-state index in [0.29, 0.717) is 32.7 Å². The van der Waals surface area contributed by atoms with Crippen LogP contribution in [-0.4, -0.2) is 78.5 Å². The number of benzene rings is 1. The highest BCUT2D eigenvalue weighted by Crippen LogP contribution is 2.42. The summed E-state index contributed by atoms with van der Waals surface area (Å²) in [5, 5.41) is 32.3. The summed E-state index contributed by atoms with van der Waals surface area (Å²) in [5.74, 6) is -2.72. The van der Waals surface area contributed by atoms with Crippen molar-refractivity contribution < 1.29 is 29.4 Å². The van der Waals surface area contributed by atoms with Crippen LogP contribution in [0, 0.1) is 6.92 Å². The van der Waals surface area contributed by atoms with Crippen molar-refractivity contribution in [1.82, 2.24) is 20.4 Å². The third-order valence-corrected chi connectivity index (χ3v) is 8.83. The lowest BCUT2D eigenvalue weighted by Gasteiger charge is -2.49. The smallest absolute Gasteiger partial charge is 0.352 e. The topological polar surface area (TPSA) is 188 Å². The maximum Gasteiger partial charge on any atom is 0.352 e. The van der Waals surface area contributed by atoms with E-state index in [1.807, 2.05) is 6.92 Å². The Kier molecular flexibility index (Phi) is 7.82. The molecule has 3 heterocycles. The summed E-state index contributed by atoms with van der Waals surface area (Å²) in [6.45, 7) is 1.47. The van der Waals surface area contributed by atoms with Gasteiger partial charge in [0, 0.05) is 22.8 Å². The van der Waals surface area contributed by atoms with E-state index in [4.69, 9.17) is 10.8 Å². The molecule has 3 atom stereocenters. The number of nitrogens with zero attached hydrogens (tertiary/aromatic N) is 3. The maximum absolute atomic E-state index is 12.9. The molecule has 190 valence electrons. The summed E-state index contributed by atoms with van der Waals surface area (Å²) in [5.41, 5.74) is 7.41. The van der Waals surface area contributed by atoms with E-state index in [2.05, 4.69) is 20.8 Å². The van der Waals surface area contributed by atoms with Gasteiger partial charge in [-0.2, -0.15) is 0 Å². The molecule has 0 spiro atoms. The first kappa shape index (κ1) is 25.9. The van der Waals surface area contributed by atoms with E-state index < -0.39 is 41.2 Å². The number of carbonyl (C=O) groups excluding carboxylic acids is 2. The second kappa shape index (κ2) is 10.9. The molecule has 2 aliphatic heterocycles. The lowest BCUT2D eigenvalue weighted by molar-refractivity contribution is -0.150. The number of rotatable bonds is 10. The summed E-state index contributed by atoms with van der Waals surface area (Å²) >= 11 is 4.13. The zero-order valence-corrected chi connectivity index (χ0v) is 21.3. The number of aromatic nitrogens is 2. The summed E-state index contributed by atoms with van der Waals surface area (Å²) < 4.78 is 0.712. The number of aryl methyl sites for hydroxylation is 1. The van der Waals surface area contributed by atoms with Crippen LogP contribution in [-0.2, 0) is 19.2 Å². The van der Waals surface area contributed by atoms with Crippen LogP contribution in [0.15, 0.2) is 39.9 Å². The quantitative estimate of drug-likeness (QED) is 0.208. The SMILES string of the molecule is Cc1nnc(SCC2=C(C(=O)O)N3C(=O)C(NC(=O)C(N)c4ccccc4NCC(=O)O)[C@@H]3SC2)s1. The standard InChI is InChI=1S/C21H22N6O6S3/c1-9-25-26-21(36-9)35-8-10-7-34-19-15(18(31)27(19)16(10)20(32)33)24-17(30)14(22)11-4-2-3-5-12(11)23-6-13(28)29/h2-5,14-15,19,23H,6-8,22H2,1H3,(H,24,30)(H,28,29)(H,32,33)/t14?,15?,19-/m0/s1. The van der Waals surface area contributed by atoms with Gasteiger partial charge in [0.05, 0.1) is 0 Å². The highest BCUT2D eigenvalue weighted by Gasteiger charge is 2.54. The lowest BCUT2D eigenvalue weighted by Crippen LogP contribution is -2.71. The molecule has 0 aliphatic carbocycles. The molecule has 12 nitrogen and oxygen atoms in total. The zero-order chi connectivity index (χ0) is 26.0. The first-order valence-electron chi connectivity index (χ1n) is 10.6. The molecule has 15 heteroatoms. The molecule has 2 aliphatic rings. The van der Waals surface area contributed by atoms with Gasteiger partial charge in [0.2, 0.25) is 5.91 Å². The molecular weight excluding hydrogens is 528 g/mol. The number of aliphatic carboxylic acids is 2. The van der Waals surface area contributed by atoms with Gasteiger partial charge in [-0.1, -0.05) is 41.3 Å². The predicted molar refractivity (Wildman–Crippen MR) is 135 cm³/mol. The largest absolute Gasteiger partial charge is 0.480 e. The van der Waals surface area contributed by atoms with Crippen LogP contribution >= 0.6 is 34.9 Å². The van der Waals surface area contributed by atoms with Crippen molar-refractivity contribution in [3.63, 3.8) is 0 Å². The third kappa shape index (κ3) is 5.33. The number of nitrogens with two attached hydrogens (primary N) is 1. The number of hydrogen-bond donors (Lipinski definition) is 5. The Morgan fingerprint density at radius 2 is 2.03 bits per heavy atom. The number of para-hydroxylation sites is 1. The molecule has 6 N–H and O–H groups in total. The first-order valence-corrected chi connectivity index (χ1v) is 13.5. The van der Waals surface area contributed by atoms with Crippen LogP contribution in [0.5, 0.6) is 0 Å². The molecule has 1 saturated heterocycles. The van der Waals surface area contributed by atoms with Crippen molar-refractivity contribution in [3.05, 3.63) is 46.1 Å². The van der Waals surface area contributed by atoms with Gasteiger partial charge in [-0.3, -0.25) is 19.3 Å². The normalized spacial score (nSPS) is 19.8. The Morgan fingerprint density at radius 3 is 2.69 bits per heavy atom. The van der Waals surface area contributed by atoms with Crippen molar-refractivity contribution in [1.29, 1.82) is 0 Å². The van der Waals surface area contributed by atoms with Gasteiger partial charge in [-0.05, 0) is 18.6 Å². The fourth-order valence-corrected chi connectivity index (χ4v) is 7.06. The molecule has 1 aromatic carbocycles. The highest BCUT2D eigenvalue weighted by molar-refractivity contribution is 8.01. The van der Waals surface area contributed by atoms with Crippen LogP contribution in [0.1, 0.15) is 16.6 Å². The van der Waals surface area contributed by atoms with E-state index in [9.17, 15) is 24.3 Å². The Labute approximate surface area is 217 Å². The van der Waals surface area contributed by atoms with Crippen molar-refractivity contribution in [2.24, 2.45) is 5.73 Å². The number of hydrogen-bond acceptors (Lipinski definition) is 11. The number of anilines is 1. The van der Waals surface area contributed by atoms with E-state index in [0.717, 1.165) is 5.01 Å². The Hall–Kier alpha value is -3.14. The van der Waals surface area contributed by atoms with Crippen molar-refractivity contribution in [3.8, 4) is 0 Å². The third-order valence-electron chi connectivity index (χ3n) is 5.43. The maximum atomic E-state index is 12.9. The van der Waals surface area contributed by atoms with Gasteiger partial charge in [0.25, 0.3) is 5.91 Å². The number of thioether (sulfide) groups is 2. The summed E-state index contributed by atoms with van der Waals surface area (Å²) in [4.78, 5) is 50.0. The van der Waals surface area contributed by atoms with Crippen molar-refractivity contribution in [2.45, 2.75) is 28.7 Å². The summed E-state index contributed by atoms with van der Waals surface area (Å²) in [6, 6.07) is 4.43. The molecule has 2 unspecified atom stereocenters. The molecule has 1 aromatic heterocycles. The van der Waals surface area contributed by atoms with Crippen LogP contribution in [0.25, 0.3) is 0 Å². The summed E-state index contributed by atoms with van der Waals surface area (Å²) in [6.07, 6.45) is 0. The fourth-order valence-electron chi connectivity index (χ4n) is 3.76. The molecule has 36 heavy (non-hydrogen) atoms. The van der Waals surface area contributed by atoms with Crippen molar-refractivity contribution >= 4 is 64.3 Å². The van der Waals surface area contributed by atoms with Crippen LogP contribution < -0.4 is 16.4 Å². The number of β-lactam (4-membered cyclic amide) rings is 1. The van der Waals surface area contributed by atoms with E-state index >= 15 is 0 Å². The van der Waals surface area contributed by atoms with Gasteiger partial charge in [-0.25, -0.2) is 4.79 Å². The van der Waals surface area contributed by atoms with Gasteiger partial charge >= 0.3 is 11.9 Å². The van der Waals surface area contributed by atoms with E-state index in [1.165, 1.54) is 39.8 Å². The molecular formula is C21H22N6O6S3. The second-order valence-corrected chi connectivity index (χ2v) is 11.4. The van der Waals surface area contributed by atoms with Gasteiger partial charge in [-0.15, -0.1) is 22.0 Å². The summed E-state index contributed by atoms with van der Waals surface area (Å²) in [7, 11) is 0. The number of carboxylic acid groups (broad SMARTS) is 2. The average molecular weight is 551 g/mol. The molecule has 4 rings (SSSR count). The molecule has 0 saturated carbocycles. The number of amides is 2. The van der Waals surface area contributed by atoms with Crippen LogP contribution in [0.3, 0.4) is 0 Å². The fraction of sp³-hybridized carbons (Fsp3) is 0.333. The molecule has 2 amide bonds. The number of nitrogens with one attached hydrogen (secondary N) is 2. The first-order chi connectivity index (χ1) is 17.2. The van der Waals surface area contributed by atoms with Gasteiger partial charge in [0.15, 0.2) is 4.34 Å². The Bertz CT molecular complexity index is 1250. The number of carbonyl (C=O) groups is 4. The monoisotopic (exact) mass is 550 g/mol. The minimum absolute atomic E-state index is 0.0736. The highest BCUT2D eigenvalue weighted by atomic mass is 32.2. The van der Waals surface area contributed by atoms with E-state index in [1.54, 1.807) is 24.3 Å². The number of carboxylic acids is 2. The van der Waals surface area contributed by atoms with Crippen LogP contribution in [0.4, 0.5) is 5.69 Å².